The van der Waals surface area contributed by atoms with Gasteiger partial charge in [-0.1, -0.05) is 11.6 Å². The molecule has 1 unspecified atom stereocenters. The third kappa shape index (κ3) is 5.02. The van der Waals surface area contributed by atoms with Gasteiger partial charge >= 0.3 is 12.1 Å². The number of pyridine rings is 1. The molecule has 1 aliphatic rings. The van der Waals surface area contributed by atoms with E-state index in [1.807, 2.05) is 0 Å². The summed E-state index contributed by atoms with van der Waals surface area (Å²) in [5.74, 6) is -2.56. The van der Waals surface area contributed by atoms with Crippen molar-refractivity contribution in [3.63, 3.8) is 0 Å². The number of ether oxygens (including phenoxy) is 1. The molecule has 0 spiro atoms. The number of alkyl halides is 3. The van der Waals surface area contributed by atoms with Crippen LogP contribution in [0, 0.1) is 0 Å². The van der Waals surface area contributed by atoms with Crippen molar-refractivity contribution in [1.82, 2.24) is 29.3 Å². The molecule has 4 aromatic heterocycles. The number of imidazole rings is 1. The number of aromatic nitrogens is 5. The number of carbonyl (C=O) groups excluding carboxylic acids is 2. The summed E-state index contributed by atoms with van der Waals surface area (Å²) in [5.41, 5.74) is 7.22. The number of nitrogens with zero attached hydrogens (tertiary/aromatic N) is 6. The van der Waals surface area contributed by atoms with Gasteiger partial charge in [-0.05, 0) is 19.1 Å². The number of esters is 1. The highest BCUT2D eigenvalue weighted by Crippen LogP contribution is 2.35. The third-order valence-corrected chi connectivity index (χ3v) is 6.61. The molecule has 1 fully saturated rings. The second-order valence-corrected chi connectivity index (χ2v) is 9.49. The molecule has 0 saturated carbocycles. The minimum Gasteiger partial charge on any atom is -0.454 e. The van der Waals surface area contributed by atoms with Crippen LogP contribution in [0.5, 0.6) is 0 Å². The van der Waals surface area contributed by atoms with Crippen LogP contribution in [0.15, 0.2) is 37.1 Å². The van der Waals surface area contributed by atoms with Gasteiger partial charge in [0, 0.05) is 30.9 Å². The topological polar surface area (TPSA) is 152 Å². The number of nitrogen functional groups attached to an aromatic ring is 1. The first-order valence-corrected chi connectivity index (χ1v) is 12.1. The Morgan fingerprint density at radius 2 is 2.10 bits per heavy atom. The SMILES string of the molecule is CC(NC(=O)c1c(N)nn2cccnc12)c1cc(Cl)c2cncn2c1N1C[C@H](O)C[C@@H](OC(=O)C(F)(F)F)C1. The van der Waals surface area contributed by atoms with Gasteiger partial charge in [-0.2, -0.15) is 13.2 Å². The van der Waals surface area contributed by atoms with Gasteiger partial charge in [0.05, 0.1) is 35.4 Å². The summed E-state index contributed by atoms with van der Waals surface area (Å²) in [4.78, 5) is 34.6. The van der Waals surface area contributed by atoms with E-state index in [0.717, 1.165) is 0 Å². The van der Waals surface area contributed by atoms with Gasteiger partial charge < -0.3 is 25.8 Å². The molecule has 5 rings (SSSR count). The van der Waals surface area contributed by atoms with Gasteiger partial charge in [-0.3, -0.25) is 9.20 Å². The molecule has 0 bridgehead atoms. The predicted octanol–water partition coefficient (Wildman–Crippen LogP) is 2.15. The molecular weight excluding hydrogens is 545 g/mol. The van der Waals surface area contributed by atoms with E-state index in [9.17, 15) is 27.9 Å². The number of aliphatic hydroxyl groups excluding tert-OH is 1. The highest BCUT2D eigenvalue weighted by molar-refractivity contribution is 6.34. The first-order chi connectivity index (χ1) is 18.4. The Kier molecular flexibility index (Phi) is 6.72. The number of rotatable bonds is 5. The van der Waals surface area contributed by atoms with Gasteiger partial charge in [0.25, 0.3) is 5.91 Å². The lowest BCUT2D eigenvalue weighted by atomic mass is 10.0. The van der Waals surface area contributed by atoms with Crippen molar-refractivity contribution in [3.8, 4) is 0 Å². The minimum absolute atomic E-state index is 0.00750. The van der Waals surface area contributed by atoms with E-state index in [2.05, 4.69) is 25.1 Å². The molecule has 39 heavy (non-hydrogen) atoms. The Hall–Kier alpha value is -4.11. The summed E-state index contributed by atoms with van der Waals surface area (Å²) in [6.07, 6.45) is -1.70. The van der Waals surface area contributed by atoms with Gasteiger partial charge in [0.1, 0.15) is 23.8 Å². The van der Waals surface area contributed by atoms with E-state index in [4.69, 9.17) is 17.3 Å². The number of anilines is 2. The predicted molar refractivity (Wildman–Crippen MR) is 132 cm³/mol. The second kappa shape index (κ2) is 9.89. The Balaban J connectivity index is 1.50. The molecule has 1 amide bonds. The molecule has 4 aromatic rings. The number of β-amino-alcohol motifs (C(OH)–C–C–N with tert-alkyl or cyclic N) is 1. The maximum atomic E-state index is 13.3. The number of amides is 1. The van der Waals surface area contributed by atoms with E-state index in [1.54, 1.807) is 34.6 Å². The number of nitrogens with one attached hydrogen (secondary N) is 1. The summed E-state index contributed by atoms with van der Waals surface area (Å²) in [5, 5.41) is 17.7. The zero-order valence-electron chi connectivity index (χ0n) is 20.3. The lowest BCUT2D eigenvalue weighted by Gasteiger charge is -2.38. The first-order valence-electron chi connectivity index (χ1n) is 11.7. The van der Waals surface area contributed by atoms with Gasteiger partial charge in [0.2, 0.25) is 0 Å². The van der Waals surface area contributed by atoms with E-state index >= 15 is 0 Å². The van der Waals surface area contributed by atoms with Gasteiger partial charge in [-0.25, -0.2) is 19.3 Å². The molecule has 5 heterocycles. The molecule has 16 heteroatoms. The number of piperidine rings is 1. The average molecular weight is 567 g/mol. The number of fused-ring (bicyclic) bond motifs is 2. The van der Waals surface area contributed by atoms with Crippen molar-refractivity contribution >= 4 is 46.3 Å². The van der Waals surface area contributed by atoms with Crippen LogP contribution in [-0.4, -0.2) is 72.4 Å². The summed E-state index contributed by atoms with van der Waals surface area (Å²) < 4.78 is 46.1. The highest BCUT2D eigenvalue weighted by atomic mass is 35.5. The fraction of sp³-hybridized carbons (Fsp3) is 0.348. The van der Waals surface area contributed by atoms with Crippen molar-refractivity contribution < 1.29 is 32.6 Å². The molecule has 1 aliphatic heterocycles. The average Bonchev–Trinajstić information content (AvgIpc) is 3.47. The van der Waals surface area contributed by atoms with Crippen LogP contribution >= 0.6 is 11.6 Å². The smallest absolute Gasteiger partial charge is 0.454 e. The second-order valence-electron chi connectivity index (χ2n) is 9.08. The van der Waals surface area contributed by atoms with E-state index < -0.39 is 36.3 Å². The summed E-state index contributed by atoms with van der Waals surface area (Å²) >= 11 is 6.50. The lowest BCUT2D eigenvalue weighted by Crippen LogP contribution is -2.49. The molecule has 206 valence electrons. The summed E-state index contributed by atoms with van der Waals surface area (Å²) in [7, 11) is 0. The van der Waals surface area contributed by atoms with Crippen molar-refractivity contribution in [1.29, 1.82) is 0 Å². The molecule has 12 nitrogen and oxygen atoms in total. The quantitative estimate of drug-likeness (QED) is 0.308. The molecule has 3 atom stereocenters. The molecule has 1 saturated heterocycles. The zero-order chi connectivity index (χ0) is 28.1. The van der Waals surface area contributed by atoms with Crippen LogP contribution in [0.3, 0.4) is 0 Å². The fourth-order valence-electron chi connectivity index (χ4n) is 4.68. The van der Waals surface area contributed by atoms with Crippen LogP contribution in [0.2, 0.25) is 5.02 Å². The molecular formula is C23H22ClF3N8O4. The van der Waals surface area contributed by atoms with Crippen LogP contribution in [0.25, 0.3) is 11.2 Å². The number of halogens is 4. The van der Waals surface area contributed by atoms with Crippen LogP contribution in [-0.2, 0) is 9.53 Å². The zero-order valence-corrected chi connectivity index (χ0v) is 21.0. The number of hydrogen-bond donors (Lipinski definition) is 3. The standard InChI is InChI=1S/C23H22ClF3N8O4/c1-11(31-20(37)17-18(28)32-35-4-2-3-30-19(17)35)14-6-15(24)16-7-29-10-34(16)21(14)33-8-12(36)5-13(9-33)39-22(38)23(25,26)27/h2-4,6-7,10-13,36H,5,8-9H2,1H3,(H2,28,32)(H,31,37)/t11?,12-,13-/m1/s1. The Bertz CT molecular complexity index is 1570. The van der Waals surface area contributed by atoms with E-state index in [0.29, 0.717) is 21.9 Å². The molecule has 0 aromatic carbocycles. The van der Waals surface area contributed by atoms with Gasteiger partial charge in [0.15, 0.2) is 11.5 Å². The normalized spacial score (nSPS) is 18.9. The van der Waals surface area contributed by atoms with E-state index in [1.165, 1.54) is 23.2 Å². The van der Waals surface area contributed by atoms with Gasteiger partial charge in [-0.15, -0.1) is 5.10 Å². The number of hydrogen-bond acceptors (Lipinski definition) is 9. The van der Waals surface area contributed by atoms with Crippen LogP contribution in [0.1, 0.15) is 35.3 Å². The Labute approximate surface area is 223 Å². The van der Waals surface area contributed by atoms with Crippen molar-refractivity contribution in [3.05, 3.63) is 53.2 Å². The monoisotopic (exact) mass is 566 g/mol. The molecule has 0 aliphatic carbocycles. The van der Waals surface area contributed by atoms with Crippen LogP contribution in [0.4, 0.5) is 24.8 Å². The fourth-order valence-corrected chi connectivity index (χ4v) is 4.94. The third-order valence-electron chi connectivity index (χ3n) is 6.31. The molecule has 4 N–H and O–H groups in total. The first kappa shape index (κ1) is 26.5. The highest BCUT2D eigenvalue weighted by Gasteiger charge is 2.43. The van der Waals surface area contributed by atoms with Crippen molar-refractivity contribution in [2.75, 3.05) is 23.7 Å². The summed E-state index contributed by atoms with van der Waals surface area (Å²) in [6, 6.07) is 2.49. The van der Waals surface area contributed by atoms with Crippen molar-refractivity contribution in [2.24, 2.45) is 0 Å². The lowest BCUT2D eigenvalue weighted by molar-refractivity contribution is -0.206. The number of aliphatic hydroxyl groups is 1. The Morgan fingerprint density at radius 1 is 1.33 bits per heavy atom. The summed E-state index contributed by atoms with van der Waals surface area (Å²) in [6.45, 7) is 1.52. The minimum atomic E-state index is -5.18. The van der Waals surface area contributed by atoms with Crippen molar-refractivity contribution in [2.45, 2.75) is 37.8 Å². The maximum Gasteiger partial charge on any atom is 0.490 e. The number of carbonyl (C=O) groups is 2. The van der Waals surface area contributed by atoms with E-state index in [-0.39, 0.29) is 36.5 Å². The largest absolute Gasteiger partial charge is 0.490 e. The van der Waals surface area contributed by atoms with Crippen LogP contribution < -0.4 is 16.0 Å². The Morgan fingerprint density at radius 3 is 2.85 bits per heavy atom. The maximum absolute atomic E-state index is 13.3. The molecule has 0 radical (unpaired) electrons. The number of nitrogens with two attached hydrogens (primary N) is 1.